The smallest absolute Gasteiger partial charge is 0.407 e. The van der Waals surface area contributed by atoms with Crippen molar-refractivity contribution in [2.24, 2.45) is 0 Å². The molecule has 0 bridgehead atoms. The second-order valence-electron chi connectivity index (χ2n) is 6.80. The van der Waals surface area contributed by atoms with Gasteiger partial charge in [-0.05, 0) is 41.7 Å². The summed E-state index contributed by atoms with van der Waals surface area (Å²) >= 11 is 0. The van der Waals surface area contributed by atoms with Crippen molar-refractivity contribution >= 4 is 17.1 Å². The first-order valence-corrected chi connectivity index (χ1v) is 9.14. The fourth-order valence-electron chi connectivity index (χ4n) is 3.90. The molecule has 0 radical (unpaired) electrons. The second-order valence-corrected chi connectivity index (χ2v) is 6.80. The number of aromatic nitrogens is 2. The van der Waals surface area contributed by atoms with Crippen molar-refractivity contribution in [3.8, 4) is 0 Å². The zero-order valence-corrected chi connectivity index (χ0v) is 15.2. The van der Waals surface area contributed by atoms with Gasteiger partial charge in [0.1, 0.15) is 5.65 Å². The van der Waals surface area contributed by atoms with Crippen molar-refractivity contribution in [3.63, 3.8) is 0 Å². The fraction of sp³-hybridized carbons (Fsp3) is 0.286. The van der Waals surface area contributed by atoms with E-state index < -0.39 is 6.09 Å². The number of hydrogen-bond acceptors (Lipinski definition) is 3. The van der Waals surface area contributed by atoms with E-state index in [2.05, 4.69) is 18.0 Å². The van der Waals surface area contributed by atoms with Crippen LogP contribution < -0.4 is 5.56 Å². The lowest BCUT2D eigenvalue weighted by molar-refractivity contribution is 0.139. The Kier molecular flexibility index (Phi) is 4.39. The highest BCUT2D eigenvalue weighted by Crippen LogP contribution is 2.25. The van der Waals surface area contributed by atoms with Crippen LogP contribution in [0.15, 0.2) is 47.4 Å². The molecule has 4 rings (SSSR count). The first kappa shape index (κ1) is 17.3. The molecule has 0 saturated carbocycles. The van der Waals surface area contributed by atoms with Crippen molar-refractivity contribution in [2.45, 2.75) is 32.9 Å². The number of aryl methyl sites for hydroxylation is 1. The van der Waals surface area contributed by atoms with Crippen molar-refractivity contribution < 1.29 is 9.90 Å². The van der Waals surface area contributed by atoms with Gasteiger partial charge in [0, 0.05) is 23.7 Å². The quantitative estimate of drug-likeness (QED) is 0.776. The number of rotatable bonds is 3. The molecule has 1 aliphatic heterocycles. The largest absolute Gasteiger partial charge is 0.465 e. The summed E-state index contributed by atoms with van der Waals surface area (Å²) in [6.45, 7) is 3.05. The van der Waals surface area contributed by atoms with Gasteiger partial charge in [-0.25, -0.2) is 9.78 Å². The minimum absolute atomic E-state index is 0.129. The van der Waals surface area contributed by atoms with E-state index in [-0.39, 0.29) is 12.1 Å². The zero-order chi connectivity index (χ0) is 19.0. The minimum Gasteiger partial charge on any atom is -0.465 e. The van der Waals surface area contributed by atoms with Gasteiger partial charge < -0.3 is 10.0 Å². The fourth-order valence-corrected chi connectivity index (χ4v) is 3.90. The van der Waals surface area contributed by atoms with E-state index in [0.717, 1.165) is 22.9 Å². The molecule has 0 atom stereocenters. The van der Waals surface area contributed by atoms with Crippen LogP contribution in [0.25, 0.3) is 11.0 Å². The van der Waals surface area contributed by atoms with Crippen LogP contribution in [0, 0.1) is 0 Å². The van der Waals surface area contributed by atoms with E-state index in [1.807, 2.05) is 30.3 Å². The summed E-state index contributed by atoms with van der Waals surface area (Å²) in [5.41, 5.74) is 4.29. The third kappa shape index (κ3) is 2.97. The van der Waals surface area contributed by atoms with Crippen LogP contribution in [-0.4, -0.2) is 32.2 Å². The monoisotopic (exact) mass is 363 g/mol. The van der Waals surface area contributed by atoms with Gasteiger partial charge in [0.2, 0.25) is 0 Å². The predicted molar refractivity (Wildman–Crippen MR) is 103 cm³/mol. The molecule has 2 aromatic heterocycles. The Labute approximate surface area is 156 Å². The topological polar surface area (TPSA) is 75.4 Å². The lowest BCUT2D eigenvalue weighted by Crippen LogP contribution is -2.40. The summed E-state index contributed by atoms with van der Waals surface area (Å²) < 4.78 is 1.69. The molecular formula is C21H21N3O3. The number of hydrogen-bond donors (Lipinski definition) is 1. The molecule has 0 fully saturated rings. The van der Waals surface area contributed by atoms with Gasteiger partial charge in [-0.3, -0.25) is 9.36 Å². The number of carboxylic acid groups (broad SMARTS) is 1. The molecule has 27 heavy (non-hydrogen) atoms. The molecule has 138 valence electrons. The summed E-state index contributed by atoms with van der Waals surface area (Å²) in [5, 5.41) is 10.3. The van der Waals surface area contributed by atoms with E-state index >= 15 is 0 Å². The maximum atomic E-state index is 13.3. The molecule has 0 aliphatic carbocycles. The molecule has 3 heterocycles. The molecule has 3 aromatic rings. The molecular weight excluding hydrogens is 342 g/mol. The molecule has 0 unspecified atom stereocenters. The van der Waals surface area contributed by atoms with Gasteiger partial charge >= 0.3 is 6.09 Å². The number of fused-ring (bicyclic) bond motifs is 3. The van der Waals surface area contributed by atoms with E-state index in [4.69, 9.17) is 0 Å². The second kappa shape index (κ2) is 6.87. The number of pyridine rings is 2. The third-order valence-corrected chi connectivity index (χ3v) is 5.31. The van der Waals surface area contributed by atoms with Crippen molar-refractivity contribution in [1.82, 2.24) is 14.5 Å². The number of benzene rings is 1. The molecule has 1 N–H and O–H groups in total. The highest BCUT2D eigenvalue weighted by Gasteiger charge is 2.26. The summed E-state index contributed by atoms with van der Waals surface area (Å²) in [5.74, 6) is 0. The third-order valence-electron chi connectivity index (χ3n) is 5.31. The Bertz CT molecular complexity index is 1090. The normalized spacial score (nSPS) is 13.6. The molecule has 1 aliphatic rings. The van der Waals surface area contributed by atoms with Crippen molar-refractivity contribution in [2.75, 3.05) is 6.54 Å². The summed E-state index contributed by atoms with van der Waals surface area (Å²) in [6.07, 6.45) is 2.12. The molecule has 6 nitrogen and oxygen atoms in total. The highest BCUT2D eigenvalue weighted by atomic mass is 16.4. The summed E-state index contributed by atoms with van der Waals surface area (Å²) in [6, 6.07) is 11.9. The van der Waals surface area contributed by atoms with Gasteiger partial charge in [0.05, 0.1) is 13.1 Å². The molecule has 1 aromatic carbocycles. The maximum absolute atomic E-state index is 13.3. The zero-order valence-electron chi connectivity index (χ0n) is 15.2. The van der Waals surface area contributed by atoms with Crippen LogP contribution in [-0.2, 0) is 25.9 Å². The van der Waals surface area contributed by atoms with E-state index in [1.165, 1.54) is 10.5 Å². The van der Waals surface area contributed by atoms with Crippen LogP contribution >= 0.6 is 0 Å². The van der Waals surface area contributed by atoms with Crippen LogP contribution in [0.2, 0.25) is 0 Å². The molecule has 6 heteroatoms. The Hall–Kier alpha value is -3.15. The van der Waals surface area contributed by atoms with Crippen molar-refractivity contribution in [1.29, 1.82) is 0 Å². The SMILES string of the molecule is CCc1ccccc1Cn1c(=O)c2c(c3cccnc31)CCN(C(=O)O)C2. The number of carbonyl (C=O) groups is 1. The van der Waals surface area contributed by atoms with Crippen LogP contribution in [0.3, 0.4) is 0 Å². The lowest BCUT2D eigenvalue weighted by atomic mass is 9.97. The van der Waals surface area contributed by atoms with Crippen LogP contribution in [0.1, 0.15) is 29.2 Å². The summed E-state index contributed by atoms with van der Waals surface area (Å²) in [4.78, 5) is 30.5. The Morgan fingerprint density at radius 2 is 1.93 bits per heavy atom. The average Bonchev–Trinajstić information content (AvgIpc) is 2.71. The number of nitrogens with zero attached hydrogens (tertiary/aromatic N) is 3. The molecule has 0 spiro atoms. The highest BCUT2D eigenvalue weighted by molar-refractivity contribution is 5.81. The predicted octanol–water partition coefficient (Wildman–Crippen LogP) is 3.04. The van der Waals surface area contributed by atoms with Crippen LogP contribution in [0.4, 0.5) is 4.79 Å². The Morgan fingerprint density at radius 3 is 2.67 bits per heavy atom. The Morgan fingerprint density at radius 1 is 1.15 bits per heavy atom. The van der Waals surface area contributed by atoms with Gasteiger partial charge in [-0.15, -0.1) is 0 Å². The summed E-state index contributed by atoms with van der Waals surface area (Å²) in [7, 11) is 0. The van der Waals surface area contributed by atoms with Crippen molar-refractivity contribution in [3.05, 3.63) is 75.2 Å². The Balaban J connectivity index is 1.92. The van der Waals surface area contributed by atoms with E-state index in [9.17, 15) is 14.7 Å². The molecule has 1 amide bonds. The van der Waals surface area contributed by atoms with Gasteiger partial charge in [0.25, 0.3) is 5.56 Å². The minimum atomic E-state index is -0.991. The maximum Gasteiger partial charge on any atom is 0.407 e. The van der Waals surface area contributed by atoms with Crippen LogP contribution in [0.5, 0.6) is 0 Å². The van der Waals surface area contributed by atoms with E-state index in [1.54, 1.807) is 10.8 Å². The van der Waals surface area contributed by atoms with Gasteiger partial charge in [-0.1, -0.05) is 31.2 Å². The first-order valence-electron chi connectivity index (χ1n) is 9.14. The lowest BCUT2D eigenvalue weighted by Gasteiger charge is -2.28. The average molecular weight is 363 g/mol. The van der Waals surface area contributed by atoms with E-state index in [0.29, 0.717) is 30.7 Å². The number of amides is 1. The van der Waals surface area contributed by atoms with Gasteiger partial charge in [-0.2, -0.15) is 0 Å². The van der Waals surface area contributed by atoms with Gasteiger partial charge in [0.15, 0.2) is 0 Å². The first-order chi connectivity index (χ1) is 13.1. The standard InChI is InChI=1S/C21H21N3O3/c1-2-14-6-3-4-7-15(14)12-24-19-17(8-5-10-22-19)16-9-11-23(21(26)27)13-18(16)20(24)25/h3-8,10H,2,9,11-13H2,1H3,(H,26,27). The molecule has 0 saturated heterocycles.